The Morgan fingerprint density at radius 1 is 1.14 bits per heavy atom. The van der Waals surface area contributed by atoms with Crippen molar-refractivity contribution in [3.05, 3.63) is 63.6 Å². The van der Waals surface area contributed by atoms with Gasteiger partial charge in [-0.2, -0.15) is 0 Å². The first-order chi connectivity index (χ1) is 10.0. The van der Waals surface area contributed by atoms with Crippen molar-refractivity contribution in [2.75, 3.05) is 12.4 Å². The van der Waals surface area contributed by atoms with E-state index in [1.807, 2.05) is 56.3 Å². The van der Waals surface area contributed by atoms with E-state index in [-0.39, 0.29) is 5.97 Å². The third kappa shape index (κ3) is 3.64. The van der Waals surface area contributed by atoms with Gasteiger partial charge in [0.15, 0.2) is 6.04 Å². The molecule has 0 aromatic heterocycles. The van der Waals surface area contributed by atoms with E-state index >= 15 is 0 Å². The van der Waals surface area contributed by atoms with Crippen LogP contribution in [-0.4, -0.2) is 13.1 Å². The molecule has 3 nitrogen and oxygen atoms in total. The van der Waals surface area contributed by atoms with Crippen LogP contribution in [0.15, 0.2) is 46.9 Å². The van der Waals surface area contributed by atoms with Crippen LogP contribution in [0.4, 0.5) is 5.69 Å². The Hall–Kier alpha value is -1.81. The van der Waals surface area contributed by atoms with E-state index in [9.17, 15) is 4.79 Å². The molecule has 4 heteroatoms. The van der Waals surface area contributed by atoms with Crippen LogP contribution in [0.2, 0.25) is 0 Å². The molecule has 0 aliphatic carbocycles. The van der Waals surface area contributed by atoms with E-state index in [1.165, 1.54) is 7.11 Å². The second-order valence-electron chi connectivity index (χ2n) is 4.92. The largest absolute Gasteiger partial charge is 0.467 e. The van der Waals surface area contributed by atoms with Gasteiger partial charge in [0.05, 0.1) is 7.11 Å². The Balaban J connectivity index is 2.42. The molecule has 0 aliphatic heterocycles. The standard InChI is InChI=1S/C17H18BrNO2/c1-11-6-4-7-12(2)15(11)16(17(20)21-3)19-14-9-5-8-13(18)10-14/h4-10,16,19H,1-3H3. The minimum Gasteiger partial charge on any atom is -0.467 e. The molecule has 0 amide bonds. The van der Waals surface area contributed by atoms with E-state index in [4.69, 9.17) is 4.74 Å². The minimum atomic E-state index is -0.523. The molecule has 0 spiro atoms. The van der Waals surface area contributed by atoms with Crippen molar-refractivity contribution < 1.29 is 9.53 Å². The summed E-state index contributed by atoms with van der Waals surface area (Å²) in [5.41, 5.74) is 3.95. The van der Waals surface area contributed by atoms with Crippen LogP contribution in [0.1, 0.15) is 22.7 Å². The molecule has 2 aromatic rings. The minimum absolute atomic E-state index is 0.299. The van der Waals surface area contributed by atoms with Crippen molar-refractivity contribution in [3.8, 4) is 0 Å². The maximum Gasteiger partial charge on any atom is 0.333 e. The molecule has 1 unspecified atom stereocenters. The van der Waals surface area contributed by atoms with Gasteiger partial charge in [-0.25, -0.2) is 4.79 Å². The number of halogens is 1. The van der Waals surface area contributed by atoms with Crippen molar-refractivity contribution in [2.24, 2.45) is 0 Å². The topological polar surface area (TPSA) is 38.3 Å². The highest BCUT2D eigenvalue weighted by atomic mass is 79.9. The van der Waals surface area contributed by atoms with Gasteiger partial charge in [-0.05, 0) is 48.7 Å². The van der Waals surface area contributed by atoms with Gasteiger partial charge >= 0.3 is 5.97 Å². The van der Waals surface area contributed by atoms with Crippen LogP contribution in [0.25, 0.3) is 0 Å². The number of hydrogen-bond donors (Lipinski definition) is 1. The van der Waals surface area contributed by atoms with Crippen molar-refractivity contribution in [1.29, 1.82) is 0 Å². The summed E-state index contributed by atoms with van der Waals surface area (Å²) in [6.07, 6.45) is 0. The Bertz CT molecular complexity index is 635. The number of hydrogen-bond acceptors (Lipinski definition) is 3. The first-order valence-corrected chi connectivity index (χ1v) is 7.48. The van der Waals surface area contributed by atoms with E-state index in [2.05, 4.69) is 21.2 Å². The van der Waals surface area contributed by atoms with Crippen LogP contribution < -0.4 is 5.32 Å². The van der Waals surface area contributed by atoms with Gasteiger partial charge in [-0.3, -0.25) is 0 Å². The molecular formula is C17H18BrNO2. The van der Waals surface area contributed by atoms with Crippen molar-refractivity contribution in [2.45, 2.75) is 19.9 Å². The number of esters is 1. The predicted molar refractivity (Wildman–Crippen MR) is 88.4 cm³/mol. The smallest absolute Gasteiger partial charge is 0.333 e. The molecular weight excluding hydrogens is 330 g/mol. The molecule has 0 heterocycles. The molecule has 0 saturated heterocycles. The van der Waals surface area contributed by atoms with Crippen LogP contribution in [0.3, 0.4) is 0 Å². The van der Waals surface area contributed by atoms with Crippen LogP contribution in [0.5, 0.6) is 0 Å². The number of nitrogens with one attached hydrogen (secondary N) is 1. The number of carbonyl (C=O) groups is 1. The second kappa shape index (κ2) is 6.76. The van der Waals surface area contributed by atoms with Gasteiger partial charge in [0.25, 0.3) is 0 Å². The van der Waals surface area contributed by atoms with Gasteiger partial charge in [-0.15, -0.1) is 0 Å². The zero-order valence-corrected chi connectivity index (χ0v) is 13.9. The van der Waals surface area contributed by atoms with Gasteiger partial charge in [0.1, 0.15) is 0 Å². The Morgan fingerprint density at radius 2 is 1.76 bits per heavy atom. The van der Waals surface area contributed by atoms with Gasteiger partial charge in [-0.1, -0.05) is 40.2 Å². The number of ether oxygens (including phenoxy) is 1. The van der Waals surface area contributed by atoms with Crippen molar-refractivity contribution in [1.82, 2.24) is 0 Å². The highest BCUT2D eigenvalue weighted by Gasteiger charge is 2.24. The Labute approximate surface area is 133 Å². The molecule has 21 heavy (non-hydrogen) atoms. The summed E-state index contributed by atoms with van der Waals surface area (Å²) >= 11 is 3.44. The molecule has 1 atom stereocenters. The van der Waals surface area contributed by atoms with Crippen LogP contribution in [-0.2, 0) is 9.53 Å². The van der Waals surface area contributed by atoms with Gasteiger partial charge in [0.2, 0.25) is 0 Å². The fourth-order valence-corrected chi connectivity index (χ4v) is 2.79. The lowest BCUT2D eigenvalue weighted by atomic mass is 9.96. The summed E-state index contributed by atoms with van der Waals surface area (Å²) in [5, 5.41) is 3.26. The lowest BCUT2D eigenvalue weighted by molar-refractivity contribution is -0.141. The molecule has 0 radical (unpaired) electrons. The molecule has 0 bridgehead atoms. The third-order valence-corrected chi connectivity index (χ3v) is 3.90. The maximum atomic E-state index is 12.2. The van der Waals surface area contributed by atoms with Crippen LogP contribution in [0, 0.1) is 13.8 Å². The zero-order valence-electron chi connectivity index (χ0n) is 12.3. The first-order valence-electron chi connectivity index (χ1n) is 6.69. The SMILES string of the molecule is COC(=O)C(Nc1cccc(Br)c1)c1c(C)cccc1C. The fraction of sp³-hybridized carbons (Fsp3) is 0.235. The van der Waals surface area contributed by atoms with Crippen molar-refractivity contribution in [3.63, 3.8) is 0 Å². The molecule has 110 valence electrons. The molecule has 0 fully saturated rings. The molecule has 0 saturated carbocycles. The number of methoxy groups -OCH3 is 1. The van der Waals surface area contributed by atoms with Crippen molar-refractivity contribution >= 4 is 27.6 Å². The lowest BCUT2D eigenvalue weighted by Crippen LogP contribution is -2.24. The van der Waals surface area contributed by atoms with E-state index < -0.39 is 6.04 Å². The summed E-state index contributed by atoms with van der Waals surface area (Å²) in [7, 11) is 1.41. The summed E-state index contributed by atoms with van der Waals surface area (Å²) in [4.78, 5) is 12.2. The lowest BCUT2D eigenvalue weighted by Gasteiger charge is -2.22. The second-order valence-corrected chi connectivity index (χ2v) is 5.83. The predicted octanol–water partition coefficient (Wildman–Crippen LogP) is 4.39. The summed E-state index contributed by atoms with van der Waals surface area (Å²) in [6, 6.07) is 13.2. The third-order valence-electron chi connectivity index (χ3n) is 3.40. The van der Waals surface area contributed by atoms with Gasteiger partial charge < -0.3 is 10.1 Å². The average Bonchev–Trinajstić information content (AvgIpc) is 2.45. The summed E-state index contributed by atoms with van der Waals surface area (Å²) < 4.78 is 5.92. The van der Waals surface area contributed by atoms with E-state index in [1.54, 1.807) is 0 Å². The highest BCUT2D eigenvalue weighted by Crippen LogP contribution is 2.27. The average molecular weight is 348 g/mol. The quantitative estimate of drug-likeness (QED) is 0.833. The van der Waals surface area contributed by atoms with E-state index in [0.29, 0.717) is 0 Å². The normalized spacial score (nSPS) is 11.8. The zero-order chi connectivity index (χ0) is 15.4. The fourth-order valence-electron chi connectivity index (χ4n) is 2.39. The van der Waals surface area contributed by atoms with Crippen LogP contribution >= 0.6 is 15.9 Å². The summed E-state index contributed by atoms with van der Waals surface area (Å²) in [6.45, 7) is 4.00. The molecule has 2 rings (SSSR count). The van der Waals surface area contributed by atoms with E-state index in [0.717, 1.165) is 26.9 Å². The molecule has 0 aliphatic rings. The Morgan fingerprint density at radius 3 is 2.33 bits per heavy atom. The molecule has 2 aromatic carbocycles. The Kier molecular flexibility index (Phi) is 5.02. The van der Waals surface area contributed by atoms with Gasteiger partial charge in [0, 0.05) is 10.2 Å². The maximum absolute atomic E-state index is 12.2. The number of carbonyl (C=O) groups excluding carboxylic acids is 1. The molecule has 1 N–H and O–H groups in total. The highest BCUT2D eigenvalue weighted by molar-refractivity contribution is 9.10. The number of rotatable bonds is 4. The first kappa shape index (κ1) is 15.6. The number of benzene rings is 2. The number of anilines is 1. The number of aryl methyl sites for hydroxylation is 2. The monoisotopic (exact) mass is 347 g/mol. The summed E-state index contributed by atoms with van der Waals surface area (Å²) in [5.74, 6) is -0.299.